The third-order valence-electron chi connectivity index (χ3n) is 3.09. The molecule has 1 aromatic carbocycles. The minimum atomic E-state index is 0.645. The summed E-state index contributed by atoms with van der Waals surface area (Å²) in [7, 11) is 3.49. The molecule has 0 saturated heterocycles. The van der Waals surface area contributed by atoms with Crippen LogP contribution in [0, 0.1) is 13.8 Å². The van der Waals surface area contributed by atoms with Crippen molar-refractivity contribution in [2.24, 2.45) is 7.05 Å². The van der Waals surface area contributed by atoms with E-state index >= 15 is 0 Å². The monoisotopic (exact) mass is 231 g/mol. The van der Waals surface area contributed by atoms with Gasteiger partial charge in [-0.15, -0.1) is 0 Å². The third-order valence-corrected chi connectivity index (χ3v) is 3.09. The van der Waals surface area contributed by atoms with Crippen molar-refractivity contribution in [2.75, 3.05) is 12.8 Å². The number of nitrogens with two attached hydrogens (primary N) is 1. The lowest BCUT2D eigenvalue weighted by atomic mass is 10.0. The standard InChI is InChI=1S/C13H17N3O/c1-8-5-10(12(17-4)6-9(8)2)11-7-15-16(3)13(11)14/h5-7H,14H2,1-4H3. The van der Waals surface area contributed by atoms with Crippen LogP contribution in [0.5, 0.6) is 5.75 Å². The lowest BCUT2D eigenvalue weighted by Crippen LogP contribution is -1.99. The first-order valence-electron chi connectivity index (χ1n) is 5.47. The van der Waals surface area contributed by atoms with Crippen molar-refractivity contribution in [3.63, 3.8) is 0 Å². The highest BCUT2D eigenvalue weighted by Gasteiger charge is 2.13. The van der Waals surface area contributed by atoms with E-state index in [-0.39, 0.29) is 0 Å². The van der Waals surface area contributed by atoms with Crippen molar-refractivity contribution in [1.29, 1.82) is 0 Å². The van der Waals surface area contributed by atoms with Crippen molar-refractivity contribution in [2.45, 2.75) is 13.8 Å². The summed E-state index contributed by atoms with van der Waals surface area (Å²) in [5.74, 6) is 1.47. The first-order chi connectivity index (χ1) is 8.04. The fraction of sp³-hybridized carbons (Fsp3) is 0.308. The highest BCUT2D eigenvalue weighted by molar-refractivity contribution is 5.79. The second kappa shape index (κ2) is 4.13. The number of aryl methyl sites for hydroxylation is 3. The molecule has 0 saturated carbocycles. The maximum absolute atomic E-state index is 5.99. The lowest BCUT2D eigenvalue weighted by Gasteiger charge is -2.11. The molecule has 2 rings (SSSR count). The number of nitrogen functional groups attached to an aromatic ring is 1. The summed E-state index contributed by atoms with van der Waals surface area (Å²) in [6.45, 7) is 4.14. The van der Waals surface area contributed by atoms with Crippen LogP contribution in [0.1, 0.15) is 11.1 Å². The van der Waals surface area contributed by atoms with Gasteiger partial charge in [0.1, 0.15) is 11.6 Å². The summed E-state index contributed by atoms with van der Waals surface area (Å²) < 4.78 is 7.06. The van der Waals surface area contributed by atoms with E-state index in [9.17, 15) is 0 Å². The number of rotatable bonds is 2. The smallest absolute Gasteiger partial charge is 0.129 e. The predicted octanol–water partition coefficient (Wildman–Crippen LogP) is 2.29. The van der Waals surface area contributed by atoms with E-state index in [1.807, 2.05) is 13.1 Å². The number of hydrogen-bond acceptors (Lipinski definition) is 3. The first-order valence-corrected chi connectivity index (χ1v) is 5.47. The van der Waals surface area contributed by atoms with Crippen molar-refractivity contribution >= 4 is 5.82 Å². The van der Waals surface area contributed by atoms with Crippen LogP contribution in [-0.4, -0.2) is 16.9 Å². The number of benzene rings is 1. The molecule has 17 heavy (non-hydrogen) atoms. The van der Waals surface area contributed by atoms with Gasteiger partial charge in [0.25, 0.3) is 0 Å². The van der Waals surface area contributed by atoms with Crippen LogP contribution in [0.2, 0.25) is 0 Å². The Morgan fingerprint density at radius 2 is 1.82 bits per heavy atom. The second-order valence-corrected chi connectivity index (χ2v) is 4.20. The van der Waals surface area contributed by atoms with Crippen LogP contribution in [0.4, 0.5) is 5.82 Å². The second-order valence-electron chi connectivity index (χ2n) is 4.20. The quantitative estimate of drug-likeness (QED) is 0.862. The van der Waals surface area contributed by atoms with Gasteiger partial charge in [-0.05, 0) is 37.1 Å². The van der Waals surface area contributed by atoms with Crippen molar-refractivity contribution in [1.82, 2.24) is 9.78 Å². The zero-order chi connectivity index (χ0) is 12.6. The van der Waals surface area contributed by atoms with Gasteiger partial charge in [0, 0.05) is 18.2 Å². The maximum atomic E-state index is 5.99. The van der Waals surface area contributed by atoms with E-state index < -0.39 is 0 Å². The van der Waals surface area contributed by atoms with Crippen LogP contribution < -0.4 is 10.5 Å². The molecule has 90 valence electrons. The molecule has 4 heteroatoms. The molecular weight excluding hydrogens is 214 g/mol. The molecule has 0 atom stereocenters. The molecule has 4 nitrogen and oxygen atoms in total. The number of ether oxygens (including phenoxy) is 1. The summed E-state index contributed by atoms with van der Waals surface area (Å²) in [5.41, 5.74) is 10.3. The van der Waals surface area contributed by atoms with Crippen LogP contribution >= 0.6 is 0 Å². The molecule has 0 aliphatic rings. The topological polar surface area (TPSA) is 53.1 Å². The highest BCUT2D eigenvalue weighted by atomic mass is 16.5. The highest BCUT2D eigenvalue weighted by Crippen LogP contribution is 2.35. The Hall–Kier alpha value is -1.97. The largest absolute Gasteiger partial charge is 0.496 e. The van der Waals surface area contributed by atoms with Gasteiger partial charge in [0.05, 0.1) is 13.3 Å². The molecule has 0 aliphatic carbocycles. The van der Waals surface area contributed by atoms with Crippen LogP contribution in [0.3, 0.4) is 0 Å². The molecule has 0 bridgehead atoms. The molecule has 2 aromatic rings. The summed E-state index contributed by atoms with van der Waals surface area (Å²) >= 11 is 0. The molecule has 1 heterocycles. The predicted molar refractivity (Wildman–Crippen MR) is 69.1 cm³/mol. The summed E-state index contributed by atoms with van der Waals surface area (Å²) in [6.07, 6.45) is 1.77. The van der Waals surface area contributed by atoms with Crippen molar-refractivity contribution < 1.29 is 4.74 Å². The Labute approximate surface area is 101 Å². The summed E-state index contributed by atoms with van der Waals surface area (Å²) in [5, 5.41) is 4.16. The van der Waals surface area contributed by atoms with Gasteiger partial charge in [-0.1, -0.05) is 0 Å². The zero-order valence-corrected chi connectivity index (χ0v) is 10.6. The minimum Gasteiger partial charge on any atom is -0.496 e. The third kappa shape index (κ3) is 1.86. The molecule has 0 fully saturated rings. The minimum absolute atomic E-state index is 0.645. The number of aromatic nitrogens is 2. The van der Waals surface area contributed by atoms with Gasteiger partial charge < -0.3 is 10.5 Å². The molecule has 0 spiro atoms. The van der Waals surface area contributed by atoms with E-state index in [0.29, 0.717) is 5.82 Å². The van der Waals surface area contributed by atoms with Crippen molar-refractivity contribution in [3.05, 3.63) is 29.5 Å². The van der Waals surface area contributed by atoms with E-state index in [0.717, 1.165) is 16.9 Å². The molecule has 0 aliphatic heterocycles. The van der Waals surface area contributed by atoms with Crippen LogP contribution in [0.15, 0.2) is 18.3 Å². The van der Waals surface area contributed by atoms with Crippen LogP contribution in [-0.2, 0) is 7.05 Å². The van der Waals surface area contributed by atoms with E-state index in [2.05, 4.69) is 25.0 Å². The van der Waals surface area contributed by atoms with Gasteiger partial charge in [0.15, 0.2) is 0 Å². The Morgan fingerprint density at radius 1 is 1.18 bits per heavy atom. The van der Waals surface area contributed by atoms with Gasteiger partial charge in [0.2, 0.25) is 0 Å². The van der Waals surface area contributed by atoms with E-state index in [1.54, 1.807) is 18.0 Å². The van der Waals surface area contributed by atoms with Crippen LogP contribution in [0.25, 0.3) is 11.1 Å². The number of hydrogen-bond donors (Lipinski definition) is 1. The normalized spacial score (nSPS) is 10.6. The Bertz CT molecular complexity index is 558. The fourth-order valence-electron chi connectivity index (χ4n) is 1.82. The van der Waals surface area contributed by atoms with Crippen molar-refractivity contribution in [3.8, 4) is 16.9 Å². The number of nitrogens with zero attached hydrogens (tertiary/aromatic N) is 2. The fourth-order valence-corrected chi connectivity index (χ4v) is 1.82. The average molecular weight is 231 g/mol. The van der Waals surface area contributed by atoms with Gasteiger partial charge >= 0.3 is 0 Å². The zero-order valence-electron chi connectivity index (χ0n) is 10.6. The number of anilines is 1. The van der Waals surface area contributed by atoms with E-state index in [1.165, 1.54) is 11.1 Å². The molecule has 0 unspecified atom stereocenters. The molecule has 2 N–H and O–H groups in total. The molecule has 0 radical (unpaired) electrons. The average Bonchev–Trinajstić information content (AvgIpc) is 2.63. The maximum Gasteiger partial charge on any atom is 0.129 e. The Balaban J connectivity index is 2.66. The molecular formula is C13H17N3O. The summed E-state index contributed by atoms with van der Waals surface area (Å²) in [4.78, 5) is 0. The van der Waals surface area contributed by atoms with Gasteiger partial charge in [-0.3, -0.25) is 4.68 Å². The molecule has 1 aromatic heterocycles. The first kappa shape index (κ1) is 11.5. The van der Waals surface area contributed by atoms with E-state index in [4.69, 9.17) is 10.5 Å². The molecule has 0 amide bonds. The lowest BCUT2D eigenvalue weighted by molar-refractivity contribution is 0.416. The number of methoxy groups -OCH3 is 1. The Kier molecular flexibility index (Phi) is 2.79. The Morgan fingerprint density at radius 3 is 2.35 bits per heavy atom. The van der Waals surface area contributed by atoms with Gasteiger partial charge in [-0.2, -0.15) is 5.10 Å². The summed E-state index contributed by atoms with van der Waals surface area (Å²) in [6, 6.07) is 4.11. The SMILES string of the molecule is COc1cc(C)c(C)cc1-c1cnn(C)c1N. The van der Waals surface area contributed by atoms with Gasteiger partial charge in [-0.25, -0.2) is 0 Å².